The fourth-order valence-corrected chi connectivity index (χ4v) is 7.28. The number of aliphatic carboxylic acids is 1. The summed E-state index contributed by atoms with van der Waals surface area (Å²) in [7, 11) is -1.88. The Bertz CT molecular complexity index is 1460. The monoisotopic (exact) mass is 703 g/mol. The Morgan fingerprint density at radius 3 is 2.08 bits per heavy atom. The summed E-state index contributed by atoms with van der Waals surface area (Å²) in [5, 5.41) is 23.8. The van der Waals surface area contributed by atoms with Gasteiger partial charge >= 0.3 is 11.9 Å². The lowest BCUT2D eigenvalue weighted by Gasteiger charge is -2.30. The number of sulfone groups is 1. The highest BCUT2D eigenvalue weighted by Gasteiger charge is 2.46. The smallest absolute Gasteiger partial charge is 0.336 e. The molecule has 0 radical (unpaired) electrons. The van der Waals surface area contributed by atoms with Gasteiger partial charge in [-0.2, -0.15) is 0 Å². The van der Waals surface area contributed by atoms with Gasteiger partial charge in [0.2, 0.25) is 5.91 Å². The van der Waals surface area contributed by atoms with Crippen LogP contribution in [0.15, 0.2) is 60.7 Å². The van der Waals surface area contributed by atoms with E-state index in [1.807, 2.05) is 0 Å². The van der Waals surface area contributed by atoms with Crippen molar-refractivity contribution in [3.05, 3.63) is 72.1 Å². The molecule has 11 heteroatoms. The number of amides is 1. The zero-order valence-corrected chi connectivity index (χ0v) is 30.0. The van der Waals surface area contributed by atoms with Crippen LogP contribution in [0.1, 0.15) is 96.5 Å². The molecular formula is C38H54FNO8S. The molecule has 0 aromatic heterocycles. The van der Waals surface area contributed by atoms with E-state index in [4.69, 9.17) is 4.74 Å². The molecule has 3 N–H and O–H groups in total. The van der Waals surface area contributed by atoms with Crippen LogP contribution in [0.25, 0.3) is 11.1 Å². The van der Waals surface area contributed by atoms with Crippen LogP contribution in [0.4, 0.5) is 4.39 Å². The van der Waals surface area contributed by atoms with E-state index in [1.165, 1.54) is 19.3 Å². The molecule has 0 aliphatic carbocycles. The number of hydrogen-bond donors (Lipinski definition) is 3. The van der Waals surface area contributed by atoms with Crippen LogP contribution in [0, 0.1) is 11.7 Å². The summed E-state index contributed by atoms with van der Waals surface area (Å²) in [5.74, 6) is -4.62. The highest BCUT2D eigenvalue weighted by atomic mass is 32.2. The molecule has 9 nitrogen and oxygen atoms in total. The van der Waals surface area contributed by atoms with E-state index in [1.54, 1.807) is 55.5 Å². The number of esters is 1. The van der Waals surface area contributed by atoms with E-state index in [0.29, 0.717) is 42.4 Å². The van der Waals surface area contributed by atoms with Gasteiger partial charge in [0.05, 0.1) is 24.5 Å². The molecule has 0 fully saturated rings. The van der Waals surface area contributed by atoms with E-state index in [2.05, 4.69) is 12.2 Å². The van der Waals surface area contributed by atoms with Gasteiger partial charge in [-0.05, 0) is 49.3 Å². The Kier molecular flexibility index (Phi) is 18.3. The van der Waals surface area contributed by atoms with Gasteiger partial charge in [0.15, 0.2) is 5.60 Å². The van der Waals surface area contributed by atoms with E-state index < -0.39 is 45.2 Å². The summed E-state index contributed by atoms with van der Waals surface area (Å²) in [6.45, 7) is 3.81. The fourth-order valence-electron chi connectivity index (χ4n) is 5.79. The van der Waals surface area contributed by atoms with Gasteiger partial charge in [-0.1, -0.05) is 113 Å². The van der Waals surface area contributed by atoms with Crippen molar-refractivity contribution in [1.82, 2.24) is 5.32 Å². The number of hydrogen-bond acceptors (Lipinski definition) is 7. The van der Waals surface area contributed by atoms with E-state index in [9.17, 15) is 37.4 Å². The normalized spacial score (nSPS) is 14.2. The van der Waals surface area contributed by atoms with Crippen molar-refractivity contribution in [3.63, 3.8) is 0 Å². The molecule has 2 rings (SSSR count). The molecule has 0 saturated heterocycles. The number of carboxylic acids is 1. The molecule has 0 unspecified atom stereocenters. The molecule has 3 atom stereocenters. The standard InChI is InChI=1S/C38H54FNO8S/c1-4-6-7-11-16-26-49(46,47)27-17-12-9-8-10-13-19-32(38(45,25-5-2)37(43)44)35(41)40-34(36(42)48-3)28-29-21-23-30(24-22-29)31-18-14-15-20-33(31)39/h13-15,18-24,32,34,45H,4-12,16-17,25-28H2,1-3H3,(H,40,41)(H,43,44)/b19-13+/t32-,34+,38+/m1/s1. The summed E-state index contributed by atoms with van der Waals surface area (Å²) >= 11 is 0. The van der Waals surface area contributed by atoms with Crippen LogP contribution >= 0.6 is 0 Å². The van der Waals surface area contributed by atoms with Crippen LogP contribution in [0.2, 0.25) is 0 Å². The third-order valence-electron chi connectivity index (χ3n) is 8.64. The number of halogens is 1. The number of carbonyl (C=O) groups excluding carboxylic acids is 2. The highest BCUT2D eigenvalue weighted by molar-refractivity contribution is 7.91. The lowest BCUT2D eigenvalue weighted by atomic mass is 9.82. The van der Waals surface area contributed by atoms with Crippen molar-refractivity contribution < 1.29 is 42.1 Å². The molecule has 49 heavy (non-hydrogen) atoms. The van der Waals surface area contributed by atoms with Gasteiger partial charge in [-0.3, -0.25) is 4.79 Å². The summed E-state index contributed by atoms with van der Waals surface area (Å²) in [5.41, 5.74) is -0.719. The van der Waals surface area contributed by atoms with Gasteiger partial charge in [0, 0.05) is 12.0 Å². The molecule has 272 valence electrons. The number of aliphatic hydroxyl groups is 1. The van der Waals surface area contributed by atoms with Crippen molar-refractivity contribution >= 4 is 27.7 Å². The first-order chi connectivity index (χ1) is 23.4. The second-order valence-corrected chi connectivity index (χ2v) is 14.9. The van der Waals surface area contributed by atoms with Crippen LogP contribution in [0.3, 0.4) is 0 Å². The number of ether oxygens (including phenoxy) is 1. The van der Waals surface area contributed by atoms with Crippen LogP contribution in [-0.4, -0.2) is 66.7 Å². The fraction of sp³-hybridized carbons (Fsp3) is 0.553. The number of carbonyl (C=O) groups is 3. The Labute approximate surface area is 291 Å². The maximum Gasteiger partial charge on any atom is 0.336 e. The Balaban J connectivity index is 2.05. The Morgan fingerprint density at radius 2 is 1.51 bits per heavy atom. The van der Waals surface area contributed by atoms with E-state index in [0.717, 1.165) is 38.5 Å². The molecule has 0 saturated carbocycles. The molecule has 2 aromatic rings. The minimum atomic E-state index is -3.06. The van der Waals surface area contributed by atoms with Gasteiger partial charge in [-0.25, -0.2) is 22.4 Å². The molecule has 0 heterocycles. The predicted octanol–water partition coefficient (Wildman–Crippen LogP) is 6.82. The third-order valence-corrected chi connectivity index (χ3v) is 10.5. The average Bonchev–Trinajstić information content (AvgIpc) is 3.07. The molecule has 0 aliphatic heterocycles. The van der Waals surface area contributed by atoms with Gasteiger partial charge in [0.25, 0.3) is 0 Å². The van der Waals surface area contributed by atoms with Gasteiger partial charge in [0.1, 0.15) is 21.7 Å². The van der Waals surface area contributed by atoms with Crippen LogP contribution in [-0.2, 0) is 35.4 Å². The summed E-state index contributed by atoms with van der Waals surface area (Å²) in [4.78, 5) is 38.6. The van der Waals surface area contributed by atoms with Crippen LogP contribution in [0.5, 0.6) is 0 Å². The quantitative estimate of drug-likeness (QED) is 0.0614. The van der Waals surface area contributed by atoms with Crippen LogP contribution < -0.4 is 5.32 Å². The van der Waals surface area contributed by atoms with Crippen molar-refractivity contribution in [2.24, 2.45) is 5.92 Å². The number of rotatable bonds is 24. The van der Waals surface area contributed by atoms with Gasteiger partial charge < -0.3 is 20.3 Å². The van der Waals surface area contributed by atoms with Crippen molar-refractivity contribution in [2.45, 2.75) is 109 Å². The molecule has 0 aliphatic rings. The molecule has 0 spiro atoms. The molecule has 1 amide bonds. The zero-order chi connectivity index (χ0) is 36.3. The largest absolute Gasteiger partial charge is 0.479 e. The summed E-state index contributed by atoms with van der Waals surface area (Å²) < 4.78 is 43.8. The SMILES string of the molecule is CCCCCCCS(=O)(=O)CCCCCC/C=C/[C@H](C(=O)N[C@@H](Cc1ccc(-c2ccccc2F)cc1)C(=O)OC)[C@@](O)(CCC)C(=O)O. The molecule has 2 aromatic carbocycles. The average molecular weight is 704 g/mol. The maximum absolute atomic E-state index is 14.2. The minimum Gasteiger partial charge on any atom is -0.479 e. The topological polar surface area (TPSA) is 147 Å². The molecule has 0 bridgehead atoms. The predicted molar refractivity (Wildman–Crippen MR) is 190 cm³/mol. The number of allylic oxidation sites excluding steroid dienone is 1. The number of unbranched alkanes of at least 4 members (excludes halogenated alkanes) is 8. The third kappa shape index (κ3) is 14.1. The Hall–Kier alpha value is -3.57. The highest BCUT2D eigenvalue weighted by Crippen LogP contribution is 2.27. The molecular weight excluding hydrogens is 649 g/mol. The van der Waals surface area contributed by atoms with E-state index >= 15 is 0 Å². The second kappa shape index (κ2) is 21.5. The second-order valence-electron chi connectivity index (χ2n) is 12.6. The van der Waals surface area contributed by atoms with Crippen molar-refractivity contribution in [1.29, 1.82) is 0 Å². The Morgan fingerprint density at radius 1 is 0.898 bits per heavy atom. The van der Waals surface area contributed by atoms with Gasteiger partial charge in [-0.15, -0.1) is 0 Å². The first kappa shape index (κ1) is 41.6. The number of methoxy groups -OCH3 is 1. The zero-order valence-electron chi connectivity index (χ0n) is 29.2. The van der Waals surface area contributed by atoms with Crippen molar-refractivity contribution in [3.8, 4) is 11.1 Å². The lowest BCUT2D eigenvalue weighted by molar-refractivity contribution is -0.167. The number of benzene rings is 2. The summed E-state index contributed by atoms with van der Waals surface area (Å²) in [6.07, 6.45) is 11.3. The first-order valence-corrected chi connectivity index (χ1v) is 19.3. The van der Waals surface area contributed by atoms with E-state index in [-0.39, 0.29) is 36.6 Å². The van der Waals surface area contributed by atoms with Crippen molar-refractivity contribution in [2.75, 3.05) is 18.6 Å². The maximum atomic E-state index is 14.2. The lowest BCUT2D eigenvalue weighted by Crippen LogP contribution is -2.54. The number of nitrogens with one attached hydrogen (secondary N) is 1. The minimum absolute atomic E-state index is 0.0141. The number of carboxylic acid groups (broad SMARTS) is 1. The summed E-state index contributed by atoms with van der Waals surface area (Å²) in [6, 6.07) is 12.0. The first-order valence-electron chi connectivity index (χ1n) is 17.4.